The molecular formula is C18H16Cl2N2O2S. The third-order valence-electron chi connectivity index (χ3n) is 3.74. The molecule has 3 rings (SSSR count). The van der Waals surface area contributed by atoms with Gasteiger partial charge in [0.15, 0.2) is 0 Å². The van der Waals surface area contributed by atoms with Crippen LogP contribution in [0.2, 0.25) is 10.0 Å². The average Bonchev–Trinajstić information content (AvgIpc) is 3.02. The molecule has 0 aliphatic rings. The van der Waals surface area contributed by atoms with Crippen LogP contribution >= 0.6 is 23.2 Å². The molecule has 0 bridgehead atoms. The summed E-state index contributed by atoms with van der Waals surface area (Å²) in [5.41, 5.74) is 1.94. The minimum atomic E-state index is -3.62. The van der Waals surface area contributed by atoms with E-state index in [1.165, 1.54) is 12.1 Å². The van der Waals surface area contributed by atoms with Crippen molar-refractivity contribution in [1.82, 2.24) is 9.29 Å². The fraction of sp³-hybridized carbons (Fsp3) is 0.111. The molecule has 3 aromatic rings. The summed E-state index contributed by atoms with van der Waals surface area (Å²) < 4.78 is 29.4. The molecule has 0 saturated heterocycles. The molecule has 0 aliphatic carbocycles. The fourth-order valence-corrected chi connectivity index (χ4v) is 3.86. The fourth-order valence-electron chi connectivity index (χ4n) is 2.44. The van der Waals surface area contributed by atoms with Crippen LogP contribution in [0.1, 0.15) is 11.3 Å². The lowest BCUT2D eigenvalue weighted by molar-refractivity contribution is 0.578. The van der Waals surface area contributed by atoms with Gasteiger partial charge in [-0.25, -0.2) is 13.1 Å². The molecule has 1 N–H and O–H groups in total. The molecule has 2 aromatic carbocycles. The van der Waals surface area contributed by atoms with Crippen molar-refractivity contribution in [3.05, 3.63) is 88.2 Å². The van der Waals surface area contributed by atoms with Gasteiger partial charge in [-0.1, -0.05) is 41.4 Å². The minimum absolute atomic E-state index is 0.149. The summed E-state index contributed by atoms with van der Waals surface area (Å²) in [6.45, 7) is 0.827. The van der Waals surface area contributed by atoms with Gasteiger partial charge < -0.3 is 4.57 Å². The molecule has 0 saturated carbocycles. The Hall–Kier alpha value is -1.79. The predicted molar refractivity (Wildman–Crippen MR) is 100 cm³/mol. The Kier molecular flexibility index (Phi) is 5.49. The van der Waals surface area contributed by atoms with Crippen molar-refractivity contribution in [3.8, 4) is 0 Å². The summed E-state index contributed by atoms with van der Waals surface area (Å²) in [6, 6.07) is 17.5. The third-order valence-corrected chi connectivity index (χ3v) is 5.63. The molecule has 130 valence electrons. The summed E-state index contributed by atoms with van der Waals surface area (Å²) in [5, 5.41) is 1.07. The van der Waals surface area contributed by atoms with E-state index in [2.05, 4.69) is 4.72 Å². The minimum Gasteiger partial charge on any atom is -0.346 e. The Morgan fingerprint density at radius 3 is 2.40 bits per heavy atom. The summed E-state index contributed by atoms with van der Waals surface area (Å²) in [6.07, 6.45) is 1.91. The lowest BCUT2D eigenvalue weighted by atomic mass is 10.2. The number of halogens is 2. The first-order chi connectivity index (χ1) is 11.9. The predicted octanol–water partition coefficient (Wildman–Crippen LogP) is 4.32. The van der Waals surface area contributed by atoms with E-state index >= 15 is 0 Å². The molecule has 0 spiro atoms. The van der Waals surface area contributed by atoms with Crippen LogP contribution in [0.5, 0.6) is 0 Å². The summed E-state index contributed by atoms with van der Waals surface area (Å²) in [4.78, 5) is 0.149. The monoisotopic (exact) mass is 394 g/mol. The van der Waals surface area contributed by atoms with Crippen LogP contribution in [0.4, 0.5) is 0 Å². The molecule has 0 unspecified atom stereocenters. The highest BCUT2D eigenvalue weighted by Gasteiger charge is 2.15. The Bertz CT molecular complexity index is 967. The third kappa shape index (κ3) is 4.64. The van der Waals surface area contributed by atoms with Crippen LogP contribution in [0, 0.1) is 0 Å². The second-order valence-corrected chi connectivity index (χ2v) is 8.18. The van der Waals surface area contributed by atoms with Gasteiger partial charge in [0.1, 0.15) is 0 Å². The van der Waals surface area contributed by atoms with Gasteiger partial charge in [-0.15, -0.1) is 0 Å². The van der Waals surface area contributed by atoms with Crippen molar-refractivity contribution in [3.63, 3.8) is 0 Å². The normalized spacial score (nSPS) is 11.6. The molecule has 1 aromatic heterocycles. The lowest BCUT2D eigenvalue weighted by Crippen LogP contribution is -2.24. The molecular weight excluding hydrogens is 379 g/mol. The van der Waals surface area contributed by atoms with Crippen LogP contribution in [-0.4, -0.2) is 13.0 Å². The Labute approximate surface area is 157 Å². The van der Waals surface area contributed by atoms with E-state index in [1.54, 1.807) is 12.1 Å². The number of rotatable bonds is 6. The van der Waals surface area contributed by atoms with Gasteiger partial charge in [0.2, 0.25) is 10.0 Å². The number of aromatic nitrogens is 1. The SMILES string of the molecule is O=S(=O)(NCc1cccn1Cc1ccc(Cl)cc1)c1cccc(Cl)c1. The van der Waals surface area contributed by atoms with Crippen molar-refractivity contribution >= 4 is 33.2 Å². The van der Waals surface area contributed by atoms with E-state index in [1.807, 2.05) is 47.2 Å². The van der Waals surface area contributed by atoms with Gasteiger partial charge >= 0.3 is 0 Å². The molecule has 0 radical (unpaired) electrons. The molecule has 7 heteroatoms. The molecule has 1 heterocycles. The number of hydrogen-bond donors (Lipinski definition) is 1. The van der Waals surface area contributed by atoms with E-state index < -0.39 is 10.0 Å². The van der Waals surface area contributed by atoms with Crippen LogP contribution in [0.25, 0.3) is 0 Å². The van der Waals surface area contributed by atoms with E-state index in [9.17, 15) is 8.42 Å². The zero-order chi connectivity index (χ0) is 17.9. The Morgan fingerprint density at radius 2 is 1.68 bits per heavy atom. The van der Waals surface area contributed by atoms with Gasteiger partial charge in [0.05, 0.1) is 11.4 Å². The topological polar surface area (TPSA) is 51.1 Å². The van der Waals surface area contributed by atoms with Crippen LogP contribution in [0.3, 0.4) is 0 Å². The van der Waals surface area contributed by atoms with Crippen molar-refractivity contribution in [1.29, 1.82) is 0 Å². The van der Waals surface area contributed by atoms with E-state index in [-0.39, 0.29) is 11.4 Å². The van der Waals surface area contributed by atoms with Gasteiger partial charge in [-0.05, 0) is 48.0 Å². The number of sulfonamides is 1. The molecule has 0 amide bonds. The van der Waals surface area contributed by atoms with Gasteiger partial charge in [0.25, 0.3) is 0 Å². The molecule has 0 fully saturated rings. The van der Waals surface area contributed by atoms with Crippen molar-refractivity contribution in [2.24, 2.45) is 0 Å². The Balaban J connectivity index is 1.72. The zero-order valence-electron chi connectivity index (χ0n) is 13.2. The summed E-state index contributed by atoms with van der Waals surface area (Å²) in [7, 11) is -3.62. The van der Waals surface area contributed by atoms with Crippen LogP contribution in [0.15, 0.2) is 71.8 Å². The summed E-state index contributed by atoms with van der Waals surface area (Å²) >= 11 is 11.8. The van der Waals surface area contributed by atoms with Gasteiger partial charge in [0, 0.05) is 28.5 Å². The first kappa shape index (κ1) is 18.0. The summed E-state index contributed by atoms with van der Waals surface area (Å²) in [5.74, 6) is 0. The van der Waals surface area contributed by atoms with Crippen LogP contribution < -0.4 is 4.72 Å². The highest BCUT2D eigenvalue weighted by atomic mass is 35.5. The highest BCUT2D eigenvalue weighted by Crippen LogP contribution is 2.16. The number of benzene rings is 2. The average molecular weight is 395 g/mol. The van der Waals surface area contributed by atoms with Crippen molar-refractivity contribution in [2.45, 2.75) is 18.0 Å². The number of nitrogens with zero attached hydrogens (tertiary/aromatic N) is 1. The second kappa shape index (κ2) is 7.62. The first-order valence-electron chi connectivity index (χ1n) is 7.58. The largest absolute Gasteiger partial charge is 0.346 e. The molecule has 4 nitrogen and oxygen atoms in total. The maximum Gasteiger partial charge on any atom is 0.240 e. The van der Waals surface area contributed by atoms with Gasteiger partial charge in [-0.2, -0.15) is 0 Å². The number of hydrogen-bond acceptors (Lipinski definition) is 2. The van der Waals surface area contributed by atoms with E-state index in [4.69, 9.17) is 23.2 Å². The van der Waals surface area contributed by atoms with Crippen molar-refractivity contribution in [2.75, 3.05) is 0 Å². The number of nitrogens with one attached hydrogen (secondary N) is 1. The quantitative estimate of drug-likeness (QED) is 0.676. The standard InChI is InChI=1S/C18H16Cl2N2O2S/c19-15-8-6-14(7-9-15)13-22-10-2-4-17(22)12-21-25(23,24)18-5-1-3-16(20)11-18/h1-11,21H,12-13H2. The molecule has 0 aliphatic heterocycles. The highest BCUT2D eigenvalue weighted by molar-refractivity contribution is 7.89. The van der Waals surface area contributed by atoms with Gasteiger partial charge in [-0.3, -0.25) is 0 Å². The smallest absolute Gasteiger partial charge is 0.240 e. The first-order valence-corrected chi connectivity index (χ1v) is 9.82. The molecule has 0 atom stereocenters. The lowest BCUT2D eigenvalue weighted by Gasteiger charge is -2.11. The maximum absolute atomic E-state index is 12.4. The maximum atomic E-state index is 12.4. The van der Waals surface area contributed by atoms with E-state index in [0.717, 1.165) is 11.3 Å². The van der Waals surface area contributed by atoms with Crippen LogP contribution in [-0.2, 0) is 23.1 Å². The Morgan fingerprint density at radius 1 is 0.920 bits per heavy atom. The van der Waals surface area contributed by atoms with E-state index in [0.29, 0.717) is 16.6 Å². The van der Waals surface area contributed by atoms with Crippen molar-refractivity contribution < 1.29 is 8.42 Å². The second-order valence-electron chi connectivity index (χ2n) is 5.54. The molecule has 25 heavy (non-hydrogen) atoms. The zero-order valence-corrected chi connectivity index (χ0v) is 15.5.